The zero-order valence-electron chi connectivity index (χ0n) is 20.2. The summed E-state index contributed by atoms with van der Waals surface area (Å²) >= 11 is 0. The average molecular weight is 479 g/mol. The van der Waals surface area contributed by atoms with Crippen molar-refractivity contribution in [1.82, 2.24) is 5.32 Å². The van der Waals surface area contributed by atoms with Crippen molar-refractivity contribution in [2.45, 2.75) is 32.9 Å². The van der Waals surface area contributed by atoms with Crippen LogP contribution in [0.1, 0.15) is 37.8 Å². The number of fused-ring (bicyclic) bond motifs is 1. The highest BCUT2D eigenvalue weighted by Crippen LogP contribution is 2.29. The highest BCUT2D eigenvalue weighted by atomic mass is 19.1. The molecule has 0 radical (unpaired) electrons. The fraction of sp³-hybridized carbons (Fsp3) is 0.333. The average Bonchev–Trinajstić information content (AvgIpc) is 2.92. The summed E-state index contributed by atoms with van der Waals surface area (Å²) in [5, 5.41) is 2.71. The Morgan fingerprint density at radius 2 is 1.77 bits per heavy atom. The smallest absolute Gasteiger partial charge is 0.272 e. The van der Waals surface area contributed by atoms with Gasteiger partial charge in [-0.15, -0.1) is 6.58 Å². The molecule has 0 fully saturated rings. The normalized spacial score (nSPS) is 17.2. The fourth-order valence-corrected chi connectivity index (χ4v) is 4.35. The molecule has 3 N–H and O–H groups in total. The first-order chi connectivity index (χ1) is 16.6. The number of halogens is 1. The molecule has 3 amide bonds. The molecule has 0 bridgehead atoms. The van der Waals surface area contributed by atoms with Gasteiger partial charge in [0, 0.05) is 18.2 Å². The predicted octanol–water partition coefficient (Wildman–Crippen LogP) is 3.42. The lowest BCUT2D eigenvalue weighted by atomic mass is 9.82. The number of para-hydroxylation sites is 1. The molecule has 3 atom stereocenters. The number of benzodiazepines with no additional fused rings is 1. The standard InChI is InChI=1S/C27H31FN4O3/c1-5-10-17(24(29)33)20(15-16(2)3)26(34)31-25-27(35)32(4)22-14-9-7-12-19(22)23(30-25)18-11-6-8-13-21(18)28/h5-9,11-14,16-17,20,25H,1,10,15H2,2-4H3,(H2,29,33)(H,31,34)/t17?,20?,25-/m0/s1. The van der Waals surface area contributed by atoms with Gasteiger partial charge in [0.25, 0.3) is 5.91 Å². The molecule has 1 aliphatic heterocycles. The van der Waals surface area contributed by atoms with Crippen molar-refractivity contribution in [2.75, 3.05) is 11.9 Å². The number of primary amides is 1. The maximum Gasteiger partial charge on any atom is 0.272 e. The van der Waals surface area contributed by atoms with E-state index in [4.69, 9.17) is 5.73 Å². The second kappa shape index (κ2) is 11.1. The quantitative estimate of drug-likeness (QED) is 0.540. The molecule has 0 aromatic heterocycles. The highest BCUT2D eigenvalue weighted by molar-refractivity contribution is 6.20. The number of carbonyl (C=O) groups excluding carboxylic acids is 3. The van der Waals surface area contributed by atoms with Crippen LogP contribution in [-0.4, -0.2) is 36.6 Å². The van der Waals surface area contributed by atoms with Crippen molar-refractivity contribution >= 4 is 29.1 Å². The molecule has 0 spiro atoms. The highest BCUT2D eigenvalue weighted by Gasteiger charge is 2.36. The van der Waals surface area contributed by atoms with Gasteiger partial charge >= 0.3 is 0 Å². The zero-order valence-corrected chi connectivity index (χ0v) is 20.2. The van der Waals surface area contributed by atoms with Crippen molar-refractivity contribution < 1.29 is 18.8 Å². The van der Waals surface area contributed by atoms with Gasteiger partial charge in [0.1, 0.15) is 5.82 Å². The molecule has 8 heteroatoms. The van der Waals surface area contributed by atoms with Gasteiger partial charge in [0.2, 0.25) is 18.0 Å². The minimum Gasteiger partial charge on any atom is -0.369 e. The van der Waals surface area contributed by atoms with E-state index in [0.29, 0.717) is 17.7 Å². The van der Waals surface area contributed by atoms with Gasteiger partial charge in [-0.25, -0.2) is 9.38 Å². The van der Waals surface area contributed by atoms with Gasteiger partial charge in [-0.2, -0.15) is 0 Å². The number of likely N-dealkylation sites (N-methyl/N-ethyl adjacent to an activating group) is 1. The van der Waals surface area contributed by atoms with E-state index in [1.54, 1.807) is 55.6 Å². The Kier molecular flexibility index (Phi) is 8.17. The number of nitrogens with two attached hydrogens (primary N) is 1. The van der Waals surface area contributed by atoms with Gasteiger partial charge in [0.15, 0.2) is 0 Å². The molecular weight excluding hydrogens is 447 g/mol. The van der Waals surface area contributed by atoms with E-state index in [0.717, 1.165) is 0 Å². The maximum absolute atomic E-state index is 14.8. The maximum atomic E-state index is 14.8. The summed E-state index contributed by atoms with van der Waals surface area (Å²) in [5.41, 5.74) is 7.17. The van der Waals surface area contributed by atoms with E-state index >= 15 is 0 Å². The molecule has 35 heavy (non-hydrogen) atoms. The summed E-state index contributed by atoms with van der Waals surface area (Å²) in [6.07, 6.45) is 0.842. The Morgan fingerprint density at radius 1 is 1.14 bits per heavy atom. The monoisotopic (exact) mass is 478 g/mol. The zero-order chi connectivity index (χ0) is 25.7. The van der Waals surface area contributed by atoms with Crippen molar-refractivity contribution in [3.05, 3.63) is 78.1 Å². The number of nitrogens with zero attached hydrogens (tertiary/aromatic N) is 2. The van der Waals surface area contributed by atoms with Crippen molar-refractivity contribution in [1.29, 1.82) is 0 Å². The van der Waals surface area contributed by atoms with E-state index < -0.39 is 41.5 Å². The van der Waals surface area contributed by atoms with Crippen LogP contribution in [0.15, 0.2) is 66.2 Å². The Bertz CT molecular complexity index is 1160. The summed E-state index contributed by atoms with van der Waals surface area (Å²) in [5.74, 6) is -3.58. The van der Waals surface area contributed by atoms with Crippen molar-refractivity contribution in [3.8, 4) is 0 Å². The summed E-state index contributed by atoms with van der Waals surface area (Å²) in [4.78, 5) is 44.9. The molecule has 7 nitrogen and oxygen atoms in total. The van der Waals surface area contributed by atoms with Crippen molar-refractivity contribution in [2.24, 2.45) is 28.5 Å². The molecule has 0 saturated carbocycles. The van der Waals surface area contributed by atoms with Crippen molar-refractivity contribution in [3.63, 3.8) is 0 Å². The number of nitrogens with one attached hydrogen (secondary N) is 1. The van der Waals surface area contributed by atoms with Crippen LogP contribution in [0.3, 0.4) is 0 Å². The van der Waals surface area contributed by atoms with E-state index in [1.165, 1.54) is 11.0 Å². The van der Waals surface area contributed by atoms with Gasteiger partial charge in [-0.05, 0) is 37.0 Å². The van der Waals surface area contributed by atoms with Gasteiger partial charge in [0.05, 0.1) is 23.2 Å². The predicted molar refractivity (Wildman–Crippen MR) is 134 cm³/mol. The fourth-order valence-electron chi connectivity index (χ4n) is 4.35. The Labute approximate surface area is 204 Å². The third-order valence-corrected chi connectivity index (χ3v) is 6.09. The number of aliphatic imine (C=N–C) groups is 1. The Morgan fingerprint density at radius 3 is 2.37 bits per heavy atom. The van der Waals surface area contributed by atoms with Crippen LogP contribution in [0.5, 0.6) is 0 Å². The van der Waals surface area contributed by atoms with Crippen LogP contribution in [0.4, 0.5) is 10.1 Å². The lowest BCUT2D eigenvalue weighted by molar-refractivity contribution is -0.135. The van der Waals surface area contributed by atoms with Crippen LogP contribution in [0.25, 0.3) is 0 Å². The first kappa shape index (κ1) is 25.8. The molecule has 0 aliphatic carbocycles. The minimum absolute atomic E-state index is 0.0895. The summed E-state index contributed by atoms with van der Waals surface area (Å²) in [6.45, 7) is 7.54. The molecule has 3 rings (SSSR count). The first-order valence-electron chi connectivity index (χ1n) is 11.6. The number of rotatable bonds is 9. The van der Waals surface area contributed by atoms with Gasteiger partial charge in [-0.1, -0.05) is 50.3 Å². The van der Waals surface area contributed by atoms with Crippen LogP contribution < -0.4 is 16.0 Å². The number of anilines is 1. The molecule has 1 aliphatic rings. The largest absolute Gasteiger partial charge is 0.369 e. The number of benzene rings is 2. The van der Waals surface area contributed by atoms with Gasteiger partial charge in [-0.3, -0.25) is 14.4 Å². The molecular formula is C27H31FN4O3. The summed E-state index contributed by atoms with van der Waals surface area (Å²) < 4.78 is 14.8. The SMILES string of the molecule is C=CCC(C(N)=O)C(CC(C)C)C(=O)N[C@@H]1N=C(c2ccccc2F)c2ccccc2N(C)C1=O. The second-order valence-electron chi connectivity index (χ2n) is 9.05. The minimum atomic E-state index is -1.32. The Hall–Kier alpha value is -3.81. The number of carbonyl (C=O) groups is 3. The van der Waals surface area contributed by atoms with E-state index in [2.05, 4.69) is 16.9 Å². The lowest BCUT2D eigenvalue weighted by Crippen LogP contribution is -2.50. The number of amides is 3. The van der Waals surface area contributed by atoms with Crippen LogP contribution in [0.2, 0.25) is 0 Å². The summed E-state index contributed by atoms with van der Waals surface area (Å²) in [7, 11) is 1.58. The second-order valence-corrected chi connectivity index (χ2v) is 9.05. The molecule has 2 aromatic rings. The van der Waals surface area contributed by atoms with Gasteiger partial charge < -0.3 is 16.0 Å². The third-order valence-electron chi connectivity index (χ3n) is 6.09. The van der Waals surface area contributed by atoms with E-state index in [-0.39, 0.29) is 23.6 Å². The first-order valence-corrected chi connectivity index (χ1v) is 11.6. The van der Waals surface area contributed by atoms with Crippen LogP contribution in [-0.2, 0) is 14.4 Å². The molecule has 0 saturated heterocycles. The van der Waals surface area contributed by atoms with E-state index in [9.17, 15) is 18.8 Å². The number of hydrogen-bond donors (Lipinski definition) is 2. The van der Waals surface area contributed by atoms with Crippen LogP contribution in [0, 0.1) is 23.6 Å². The Balaban J connectivity index is 2.07. The molecule has 184 valence electrons. The van der Waals surface area contributed by atoms with E-state index in [1.807, 2.05) is 13.8 Å². The topological polar surface area (TPSA) is 105 Å². The molecule has 1 heterocycles. The lowest BCUT2D eigenvalue weighted by Gasteiger charge is -2.27. The van der Waals surface area contributed by atoms with Crippen LogP contribution >= 0.6 is 0 Å². The number of allylic oxidation sites excluding steroid dienone is 1. The molecule has 2 aromatic carbocycles. The summed E-state index contributed by atoms with van der Waals surface area (Å²) in [6, 6.07) is 13.2. The third kappa shape index (κ3) is 5.65. The number of hydrogen-bond acceptors (Lipinski definition) is 4. The molecule has 2 unspecified atom stereocenters.